The fraction of sp³-hybridized carbons (Fsp3) is 1.00. The summed E-state index contributed by atoms with van der Waals surface area (Å²) in [4.78, 5) is 4.59. The van der Waals surface area contributed by atoms with E-state index in [1.165, 1.54) is 0 Å². The molecule has 0 saturated heterocycles. The molecule has 9 heavy (non-hydrogen) atoms. The third-order valence-electron chi connectivity index (χ3n) is 1.19. The quantitative estimate of drug-likeness (QED) is 0.539. The van der Waals surface area contributed by atoms with Crippen molar-refractivity contribution in [2.45, 2.75) is 26.4 Å². The van der Waals surface area contributed by atoms with E-state index in [0.717, 1.165) is 6.42 Å². The molecule has 0 aliphatic rings. The Bertz CT molecular complexity index is 62.1. The summed E-state index contributed by atoms with van der Waals surface area (Å²) in [7, 11) is 0. The van der Waals surface area contributed by atoms with Crippen molar-refractivity contribution in [3.63, 3.8) is 0 Å². The molecule has 0 aromatic heterocycles. The Balaban J connectivity index is 3.31. The zero-order valence-electron chi connectivity index (χ0n) is 6.13. The van der Waals surface area contributed by atoms with Gasteiger partial charge >= 0.3 is 0 Å². The van der Waals surface area contributed by atoms with Crippen LogP contribution in [0.3, 0.4) is 0 Å². The van der Waals surface area contributed by atoms with Crippen molar-refractivity contribution in [1.29, 1.82) is 0 Å². The summed E-state index contributed by atoms with van der Waals surface area (Å²) in [6.45, 7) is 4.73. The Morgan fingerprint density at radius 2 is 2.00 bits per heavy atom. The van der Waals surface area contributed by atoms with Crippen LogP contribution >= 0.6 is 0 Å². The minimum atomic E-state index is 0.0324. The molecule has 0 aliphatic heterocycles. The molecule has 3 nitrogen and oxygen atoms in total. The van der Waals surface area contributed by atoms with Crippen molar-refractivity contribution < 1.29 is 4.84 Å². The van der Waals surface area contributed by atoms with Gasteiger partial charge in [0.1, 0.15) is 0 Å². The van der Waals surface area contributed by atoms with Crippen LogP contribution in [0, 0.1) is 5.92 Å². The largest absolute Gasteiger partial charge is 0.328 e. The second kappa shape index (κ2) is 4.73. The number of hydrogen-bond acceptors (Lipinski definition) is 3. The summed E-state index contributed by atoms with van der Waals surface area (Å²) in [5.74, 6) is 5.55. The molecule has 0 saturated carbocycles. The lowest BCUT2D eigenvalue weighted by molar-refractivity contribution is 0.0451. The normalized spacial score (nSPS) is 14.3. The van der Waals surface area contributed by atoms with Crippen LogP contribution in [0.5, 0.6) is 0 Å². The molecule has 0 aromatic carbocycles. The zero-order chi connectivity index (χ0) is 7.28. The fourth-order valence-electron chi connectivity index (χ4n) is 0.733. The summed E-state index contributed by atoms with van der Waals surface area (Å²) in [5, 5.41) is 0. The third-order valence-corrected chi connectivity index (χ3v) is 1.19. The number of hydrogen-bond donors (Lipinski definition) is 2. The molecule has 0 fully saturated rings. The molecule has 3 heteroatoms. The van der Waals surface area contributed by atoms with Crippen LogP contribution < -0.4 is 11.6 Å². The average Bonchev–Trinajstić information content (AvgIpc) is 1.82. The number of nitrogens with two attached hydrogens (primary N) is 2. The maximum atomic E-state index is 5.33. The first-order valence-electron chi connectivity index (χ1n) is 3.26. The van der Waals surface area contributed by atoms with Gasteiger partial charge in [-0.05, 0) is 12.3 Å². The van der Waals surface area contributed by atoms with Gasteiger partial charge in [-0.15, -0.1) is 0 Å². The molecule has 0 heterocycles. The van der Waals surface area contributed by atoms with Crippen LogP contribution in [0.2, 0.25) is 0 Å². The van der Waals surface area contributed by atoms with Gasteiger partial charge in [0.15, 0.2) is 0 Å². The second-order valence-corrected chi connectivity index (χ2v) is 2.62. The van der Waals surface area contributed by atoms with E-state index < -0.39 is 0 Å². The molecule has 4 N–H and O–H groups in total. The predicted octanol–water partition coefficient (Wildman–Crippen LogP) is 0.250. The van der Waals surface area contributed by atoms with Gasteiger partial charge in [0.05, 0.1) is 6.10 Å². The molecular weight excluding hydrogens is 116 g/mol. The standard InChI is InChI=1S/C6H16N2O/c1-5(2)3-6(4-7)9-8/h5-6H,3-4,7-8H2,1-2H3. The van der Waals surface area contributed by atoms with Gasteiger partial charge in [-0.3, -0.25) is 4.84 Å². The van der Waals surface area contributed by atoms with Crippen molar-refractivity contribution in [3.05, 3.63) is 0 Å². The topological polar surface area (TPSA) is 61.3 Å². The lowest BCUT2D eigenvalue weighted by Crippen LogP contribution is -2.27. The van der Waals surface area contributed by atoms with Crippen molar-refractivity contribution >= 4 is 0 Å². The molecule has 0 spiro atoms. The van der Waals surface area contributed by atoms with Crippen molar-refractivity contribution in [2.24, 2.45) is 17.5 Å². The van der Waals surface area contributed by atoms with E-state index in [1.54, 1.807) is 0 Å². The summed E-state index contributed by atoms with van der Waals surface area (Å²) in [6, 6.07) is 0. The minimum absolute atomic E-state index is 0.0324. The predicted molar refractivity (Wildman–Crippen MR) is 37.6 cm³/mol. The summed E-state index contributed by atoms with van der Waals surface area (Å²) >= 11 is 0. The lowest BCUT2D eigenvalue weighted by atomic mass is 10.1. The highest BCUT2D eigenvalue weighted by molar-refractivity contribution is 4.59. The lowest BCUT2D eigenvalue weighted by Gasteiger charge is -2.13. The Hall–Kier alpha value is -0.120. The molecule has 0 rings (SSSR count). The molecule has 1 atom stereocenters. The van der Waals surface area contributed by atoms with Crippen LogP contribution in [0.15, 0.2) is 0 Å². The van der Waals surface area contributed by atoms with Gasteiger partial charge in [-0.2, -0.15) is 0 Å². The van der Waals surface area contributed by atoms with Gasteiger partial charge in [-0.1, -0.05) is 13.8 Å². The smallest absolute Gasteiger partial charge is 0.0911 e. The maximum Gasteiger partial charge on any atom is 0.0911 e. The van der Waals surface area contributed by atoms with Crippen LogP contribution in [0.1, 0.15) is 20.3 Å². The Morgan fingerprint density at radius 1 is 1.44 bits per heavy atom. The van der Waals surface area contributed by atoms with Gasteiger partial charge in [-0.25, -0.2) is 5.90 Å². The van der Waals surface area contributed by atoms with Crippen LogP contribution in [-0.2, 0) is 4.84 Å². The van der Waals surface area contributed by atoms with Crippen molar-refractivity contribution in [1.82, 2.24) is 0 Å². The molecule has 56 valence electrons. The van der Waals surface area contributed by atoms with E-state index in [4.69, 9.17) is 11.6 Å². The Kier molecular flexibility index (Phi) is 4.67. The molecule has 0 amide bonds. The average molecular weight is 132 g/mol. The van der Waals surface area contributed by atoms with E-state index >= 15 is 0 Å². The van der Waals surface area contributed by atoms with Crippen LogP contribution in [0.25, 0.3) is 0 Å². The molecule has 1 unspecified atom stereocenters. The summed E-state index contributed by atoms with van der Waals surface area (Å²) in [5.41, 5.74) is 5.33. The second-order valence-electron chi connectivity index (χ2n) is 2.62. The van der Waals surface area contributed by atoms with Gasteiger partial charge in [0.2, 0.25) is 0 Å². The Labute approximate surface area is 56.3 Å². The van der Waals surface area contributed by atoms with E-state index in [9.17, 15) is 0 Å². The molecule has 0 aliphatic carbocycles. The van der Waals surface area contributed by atoms with Crippen LogP contribution in [0.4, 0.5) is 0 Å². The van der Waals surface area contributed by atoms with Crippen molar-refractivity contribution in [2.75, 3.05) is 6.54 Å². The van der Waals surface area contributed by atoms with E-state index in [-0.39, 0.29) is 6.10 Å². The van der Waals surface area contributed by atoms with E-state index in [0.29, 0.717) is 12.5 Å². The molecule has 0 radical (unpaired) electrons. The molecule has 0 bridgehead atoms. The molecule has 0 aromatic rings. The van der Waals surface area contributed by atoms with Gasteiger partial charge in [0, 0.05) is 6.54 Å². The van der Waals surface area contributed by atoms with Crippen LogP contribution in [-0.4, -0.2) is 12.6 Å². The zero-order valence-corrected chi connectivity index (χ0v) is 6.13. The highest BCUT2D eigenvalue weighted by atomic mass is 16.6. The summed E-state index contributed by atoms with van der Waals surface area (Å²) in [6.07, 6.45) is 0.970. The minimum Gasteiger partial charge on any atom is -0.328 e. The van der Waals surface area contributed by atoms with Gasteiger partial charge < -0.3 is 5.73 Å². The third kappa shape index (κ3) is 4.39. The Morgan fingerprint density at radius 3 is 2.11 bits per heavy atom. The first-order valence-corrected chi connectivity index (χ1v) is 3.26. The maximum absolute atomic E-state index is 5.33. The van der Waals surface area contributed by atoms with Gasteiger partial charge in [0.25, 0.3) is 0 Å². The number of rotatable bonds is 4. The van der Waals surface area contributed by atoms with Crippen molar-refractivity contribution in [3.8, 4) is 0 Å². The first-order chi connectivity index (χ1) is 4.20. The monoisotopic (exact) mass is 132 g/mol. The first kappa shape index (κ1) is 8.88. The van der Waals surface area contributed by atoms with E-state index in [2.05, 4.69) is 18.7 Å². The SMILES string of the molecule is CC(C)CC(CN)ON. The highest BCUT2D eigenvalue weighted by Crippen LogP contribution is 2.04. The van der Waals surface area contributed by atoms with E-state index in [1.807, 2.05) is 0 Å². The summed E-state index contributed by atoms with van der Waals surface area (Å²) < 4.78 is 0. The molecular formula is C6H16N2O. The highest BCUT2D eigenvalue weighted by Gasteiger charge is 2.06. The fourth-order valence-corrected chi connectivity index (χ4v) is 0.733.